The molecule has 1 heterocycles. The Bertz CT molecular complexity index is 391. The molecule has 0 atom stereocenters. The van der Waals surface area contributed by atoms with Crippen molar-refractivity contribution < 1.29 is 9.90 Å². The van der Waals surface area contributed by atoms with Crippen molar-refractivity contribution in [3.05, 3.63) is 29.3 Å². The average Bonchev–Trinajstić information content (AvgIpc) is 2.35. The van der Waals surface area contributed by atoms with Gasteiger partial charge in [-0.25, -0.2) is 0 Å². The number of aromatic hydroxyl groups is 1. The van der Waals surface area contributed by atoms with Crippen LogP contribution >= 0.6 is 13.5 Å². The van der Waals surface area contributed by atoms with Crippen molar-refractivity contribution in [1.29, 1.82) is 0 Å². The Morgan fingerprint density at radius 3 is 2.44 bits per heavy atom. The van der Waals surface area contributed by atoms with Crippen LogP contribution in [0.15, 0.2) is 18.2 Å². The Labute approximate surface area is 116 Å². The number of nitrogens with zero attached hydrogens (tertiary/aromatic N) is 1. The highest BCUT2D eigenvalue weighted by atomic mass is 32.1. The Morgan fingerprint density at radius 1 is 1.28 bits per heavy atom. The number of carbonyl (C=O) groups excluding carboxylic acids is 1. The normalized spacial score (nSPS) is 13.1. The van der Waals surface area contributed by atoms with Crippen LogP contribution in [0, 0.1) is 0 Å². The molecule has 0 saturated carbocycles. The molecular weight excluding hydrogens is 246 g/mol. The first kappa shape index (κ1) is 16.8. The lowest BCUT2D eigenvalue weighted by atomic mass is 9.99. The SMILES string of the molecule is CCCC.CN1CCc2ccc(O)cc2C1=O.S. The molecule has 1 aliphatic heterocycles. The monoisotopic (exact) mass is 269 g/mol. The number of amides is 1. The summed E-state index contributed by atoms with van der Waals surface area (Å²) in [5.41, 5.74) is 1.66. The van der Waals surface area contributed by atoms with E-state index in [4.69, 9.17) is 0 Å². The van der Waals surface area contributed by atoms with Crippen LogP contribution in [0.1, 0.15) is 42.6 Å². The first-order chi connectivity index (χ1) is 8.10. The van der Waals surface area contributed by atoms with Crippen molar-refractivity contribution in [2.24, 2.45) is 0 Å². The van der Waals surface area contributed by atoms with Crippen LogP contribution in [-0.4, -0.2) is 29.5 Å². The van der Waals surface area contributed by atoms with Gasteiger partial charge in [-0.15, -0.1) is 0 Å². The number of rotatable bonds is 1. The fourth-order valence-corrected chi connectivity index (χ4v) is 1.58. The molecule has 0 radical (unpaired) electrons. The van der Waals surface area contributed by atoms with E-state index in [1.165, 1.54) is 18.9 Å². The third-order valence-corrected chi connectivity index (χ3v) is 2.89. The topological polar surface area (TPSA) is 40.5 Å². The van der Waals surface area contributed by atoms with Gasteiger partial charge in [-0.2, -0.15) is 13.5 Å². The van der Waals surface area contributed by atoms with Gasteiger partial charge < -0.3 is 10.0 Å². The van der Waals surface area contributed by atoms with Gasteiger partial charge in [0.1, 0.15) is 5.75 Å². The molecule has 0 saturated heterocycles. The Kier molecular flexibility index (Phi) is 7.51. The first-order valence-corrected chi connectivity index (χ1v) is 6.17. The Morgan fingerprint density at radius 2 is 1.89 bits per heavy atom. The molecule has 0 unspecified atom stereocenters. The molecule has 0 spiro atoms. The van der Waals surface area contributed by atoms with Crippen LogP contribution in [-0.2, 0) is 6.42 Å². The van der Waals surface area contributed by atoms with E-state index < -0.39 is 0 Å². The molecule has 4 heteroatoms. The zero-order chi connectivity index (χ0) is 12.8. The molecule has 0 fully saturated rings. The summed E-state index contributed by atoms with van der Waals surface area (Å²) in [4.78, 5) is 13.3. The second kappa shape index (κ2) is 8.03. The highest BCUT2D eigenvalue weighted by Crippen LogP contribution is 2.22. The van der Waals surface area contributed by atoms with Crippen LogP contribution in [0.3, 0.4) is 0 Å². The number of phenols is 1. The summed E-state index contributed by atoms with van der Waals surface area (Å²) in [7, 11) is 1.77. The second-order valence-electron chi connectivity index (χ2n) is 4.32. The van der Waals surface area contributed by atoms with Gasteiger partial charge in [-0.1, -0.05) is 32.8 Å². The van der Waals surface area contributed by atoms with Crippen LogP contribution < -0.4 is 0 Å². The maximum atomic E-state index is 11.6. The molecule has 1 aromatic rings. The number of phenolic OH excluding ortho intramolecular Hbond substituents is 1. The van der Waals surface area contributed by atoms with Gasteiger partial charge in [0.2, 0.25) is 0 Å². The third-order valence-electron chi connectivity index (χ3n) is 2.89. The zero-order valence-electron chi connectivity index (χ0n) is 11.4. The van der Waals surface area contributed by atoms with E-state index in [0.717, 1.165) is 18.5 Å². The molecule has 18 heavy (non-hydrogen) atoms. The van der Waals surface area contributed by atoms with Crippen LogP contribution in [0.25, 0.3) is 0 Å². The van der Waals surface area contributed by atoms with E-state index >= 15 is 0 Å². The van der Waals surface area contributed by atoms with Crippen LogP contribution in [0.5, 0.6) is 5.75 Å². The number of fused-ring (bicyclic) bond motifs is 1. The van der Waals surface area contributed by atoms with Crippen molar-refractivity contribution in [3.63, 3.8) is 0 Å². The first-order valence-electron chi connectivity index (χ1n) is 6.17. The molecule has 0 aromatic heterocycles. The minimum Gasteiger partial charge on any atom is -0.508 e. The smallest absolute Gasteiger partial charge is 0.254 e. The molecule has 0 bridgehead atoms. The van der Waals surface area contributed by atoms with E-state index in [1.807, 2.05) is 6.07 Å². The lowest BCUT2D eigenvalue weighted by Crippen LogP contribution is -2.33. The van der Waals surface area contributed by atoms with Gasteiger partial charge in [-0.05, 0) is 24.1 Å². The molecule has 1 amide bonds. The molecular formula is C14H23NO2S. The zero-order valence-corrected chi connectivity index (χ0v) is 12.4. The summed E-state index contributed by atoms with van der Waals surface area (Å²) in [6.07, 6.45) is 3.51. The summed E-state index contributed by atoms with van der Waals surface area (Å²) in [5.74, 6) is 0.152. The Hall–Kier alpha value is -1.16. The number of likely N-dealkylation sites (N-methyl/N-ethyl adjacent to an activating group) is 1. The van der Waals surface area contributed by atoms with Gasteiger partial charge in [0, 0.05) is 19.2 Å². The van der Waals surface area contributed by atoms with Crippen molar-refractivity contribution in [2.45, 2.75) is 33.1 Å². The molecule has 1 aromatic carbocycles. The fourth-order valence-electron chi connectivity index (χ4n) is 1.58. The van der Waals surface area contributed by atoms with Gasteiger partial charge in [0.25, 0.3) is 5.91 Å². The summed E-state index contributed by atoms with van der Waals surface area (Å²) >= 11 is 0. The van der Waals surface area contributed by atoms with Gasteiger partial charge in [-0.3, -0.25) is 4.79 Å². The largest absolute Gasteiger partial charge is 0.508 e. The lowest BCUT2D eigenvalue weighted by Gasteiger charge is -2.24. The van der Waals surface area contributed by atoms with Crippen molar-refractivity contribution in [3.8, 4) is 5.75 Å². The van der Waals surface area contributed by atoms with E-state index in [0.29, 0.717) is 5.56 Å². The summed E-state index contributed by atoms with van der Waals surface area (Å²) in [5, 5.41) is 9.22. The van der Waals surface area contributed by atoms with E-state index in [-0.39, 0.29) is 25.2 Å². The van der Waals surface area contributed by atoms with E-state index in [9.17, 15) is 9.90 Å². The van der Waals surface area contributed by atoms with Crippen LogP contribution in [0.4, 0.5) is 0 Å². The highest BCUT2D eigenvalue weighted by Gasteiger charge is 2.21. The van der Waals surface area contributed by atoms with Gasteiger partial charge >= 0.3 is 0 Å². The molecule has 2 rings (SSSR count). The van der Waals surface area contributed by atoms with Gasteiger partial charge in [0.05, 0.1) is 0 Å². The van der Waals surface area contributed by atoms with Crippen molar-refractivity contribution in [1.82, 2.24) is 4.90 Å². The molecule has 102 valence electrons. The van der Waals surface area contributed by atoms with Crippen LogP contribution in [0.2, 0.25) is 0 Å². The number of unbranched alkanes of at least 4 members (excludes halogenated alkanes) is 1. The molecule has 0 aliphatic carbocycles. The predicted molar refractivity (Wildman–Crippen MR) is 79.7 cm³/mol. The molecule has 3 nitrogen and oxygen atoms in total. The molecule has 1 aliphatic rings. The lowest BCUT2D eigenvalue weighted by molar-refractivity contribution is 0.0780. The van der Waals surface area contributed by atoms with Crippen molar-refractivity contribution in [2.75, 3.05) is 13.6 Å². The second-order valence-corrected chi connectivity index (χ2v) is 4.32. The summed E-state index contributed by atoms with van der Waals surface area (Å²) < 4.78 is 0. The Balaban J connectivity index is 0.000000512. The predicted octanol–water partition coefficient (Wildman–Crippen LogP) is 2.94. The van der Waals surface area contributed by atoms with Crippen molar-refractivity contribution >= 4 is 19.4 Å². The summed E-state index contributed by atoms with van der Waals surface area (Å²) in [6.45, 7) is 5.12. The third kappa shape index (κ3) is 4.26. The highest BCUT2D eigenvalue weighted by molar-refractivity contribution is 7.59. The minimum atomic E-state index is -0.00264. The average molecular weight is 269 g/mol. The molecule has 1 N–H and O–H groups in total. The quantitative estimate of drug-likeness (QED) is 0.851. The van der Waals surface area contributed by atoms with Gasteiger partial charge in [0.15, 0.2) is 0 Å². The number of hydrogen-bond donors (Lipinski definition) is 1. The van der Waals surface area contributed by atoms with E-state index in [2.05, 4.69) is 13.8 Å². The number of benzene rings is 1. The summed E-state index contributed by atoms with van der Waals surface area (Å²) in [6, 6.07) is 4.97. The number of carbonyl (C=O) groups is 1. The fraction of sp³-hybridized carbons (Fsp3) is 0.500. The standard InChI is InChI=1S/C10H11NO2.C4H10.H2S/c1-11-5-4-7-2-3-8(12)6-9(7)10(11)13;1-3-4-2;/h2-3,6,12H,4-5H2,1H3;3-4H2,1-2H3;1H2. The maximum Gasteiger partial charge on any atom is 0.254 e. The minimum absolute atomic E-state index is 0. The number of hydrogen-bond acceptors (Lipinski definition) is 2. The maximum absolute atomic E-state index is 11.6. The van der Waals surface area contributed by atoms with E-state index in [1.54, 1.807) is 18.0 Å².